The van der Waals surface area contributed by atoms with Gasteiger partial charge in [0, 0.05) is 19.5 Å². The Balaban J connectivity index is 2.29. The van der Waals surface area contributed by atoms with Crippen molar-refractivity contribution in [3.8, 4) is 5.75 Å². The van der Waals surface area contributed by atoms with E-state index in [-0.39, 0.29) is 17.4 Å². The summed E-state index contributed by atoms with van der Waals surface area (Å²) in [6, 6.07) is 3.25. The molecule has 23 heavy (non-hydrogen) atoms. The monoisotopic (exact) mass is 339 g/mol. The fourth-order valence-corrected chi connectivity index (χ4v) is 3.92. The van der Waals surface area contributed by atoms with Gasteiger partial charge in [-0.2, -0.15) is 5.21 Å². The Hall–Kier alpha value is -2.00. The Morgan fingerprint density at radius 3 is 2.57 bits per heavy atom. The van der Waals surface area contributed by atoms with Gasteiger partial charge in [0.05, 0.1) is 12.0 Å². The molecule has 1 aromatic carbocycles. The van der Waals surface area contributed by atoms with E-state index in [0.717, 1.165) is 5.56 Å². The second-order valence-electron chi connectivity index (χ2n) is 5.47. The Morgan fingerprint density at radius 2 is 2.00 bits per heavy atom. The normalized spacial score (nSPS) is 13.3. The van der Waals surface area contributed by atoms with Crippen molar-refractivity contribution in [1.82, 2.24) is 24.9 Å². The van der Waals surface area contributed by atoms with Crippen molar-refractivity contribution in [1.29, 1.82) is 0 Å². The van der Waals surface area contributed by atoms with Gasteiger partial charge in [-0.15, -0.1) is 10.2 Å². The number of ether oxygens (including phenoxy) is 1. The van der Waals surface area contributed by atoms with Crippen LogP contribution in [0.15, 0.2) is 17.0 Å². The zero-order valence-electron chi connectivity index (χ0n) is 13.9. The molecule has 9 heteroatoms. The Morgan fingerprint density at radius 1 is 1.30 bits per heavy atom. The second kappa shape index (κ2) is 6.63. The fraction of sp³-hybridized carbons (Fsp3) is 0.500. The highest BCUT2D eigenvalue weighted by atomic mass is 32.2. The van der Waals surface area contributed by atoms with Crippen LogP contribution in [0.2, 0.25) is 0 Å². The summed E-state index contributed by atoms with van der Waals surface area (Å²) in [6.07, 6.45) is 0. The number of benzene rings is 1. The van der Waals surface area contributed by atoms with Crippen LogP contribution in [0.1, 0.15) is 29.8 Å². The summed E-state index contributed by atoms with van der Waals surface area (Å²) in [6.45, 7) is 5.73. The molecule has 0 aliphatic carbocycles. The summed E-state index contributed by atoms with van der Waals surface area (Å²) in [4.78, 5) is 0.276. The molecule has 1 atom stereocenters. The molecule has 0 aliphatic heterocycles. The summed E-state index contributed by atoms with van der Waals surface area (Å²) in [5.41, 5.74) is 1.50. The number of likely N-dealkylation sites (N-methyl/N-ethyl adjacent to an activating group) is 1. The van der Waals surface area contributed by atoms with Crippen molar-refractivity contribution in [3.05, 3.63) is 29.1 Å². The lowest BCUT2D eigenvalue weighted by Gasteiger charge is -2.21. The lowest BCUT2D eigenvalue weighted by atomic mass is 10.1. The molecule has 1 heterocycles. The number of hydrogen-bond acceptors (Lipinski definition) is 6. The zero-order valence-corrected chi connectivity index (χ0v) is 14.7. The summed E-state index contributed by atoms with van der Waals surface area (Å²) in [5, 5.41) is 13.7. The molecule has 2 aromatic rings. The Labute approximate surface area is 135 Å². The first-order valence-electron chi connectivity index (χ1n) is 7.13. The van der Waals surface area contributed by atoms with Gasteiger partial charge in [-0.3, -0.25) is 0 Å². The average molecular weight is 339 g/mol. The highest BCUT2D eigenvalue weighted by Gasteiger charge is 2.26. The van der Waals surface area contributed by atoms with Crippen LogP contribution in [0.5, 0.6) is 5.75 Å². The maximum atomic E-state index is 12.8. The lowest BCUT2D eigenvalue weighted by Crippen LogP contribution is -2.31. The quantitative estimate of drug-likeness (QED) is 0.850. The van der Waals surface area contributed by atoms with Crippen LogP contribution in [0.4, 0.5) is 0 Å². The van der Waals surface area contributed by atoms with Crippen molar-refractivity contribution in [2.75, 3.05) is 20.7 Å². The van der Waals surface area contributed by atoms with Gasteiger partial charge >= 0.3 is 0 Å². The molecule has 1 N–H and O–H groups in total. The van der Waals surface area contributed by atoms with Gasteiger partial charge in [-0.05, 0) is 37.1 Å². The smallest absolute Gasteiger partial charge is 0.243 e. The van der Waals surface area contributed by atoms with E-state index in [2.05, 4.69) is 20.6 Å². The molecule has 0 amide bonds. The van der Waals surface area contributed by atoms with Gasteiger partial charge in [-0.25, -0.2) is 12.7 Å². The van der Waals surface area contributed by atoms with Gasteiger partial charge < -0.3 is 4.74 Å². The summed E-state index contributed by atoms with van der Waals surface area (Å²) >= 11 is 0. The molecule has 0 unspecified atom stereocenters. The molecule has 126 valence electrons. The number of H-pyrrole nitrogens is 1. The molecule has 0 saturated heterocycles. The molecule has 8 nitrogen and oxygen atoms in total. The predicted octanol–water partition coefficient (Wildman–Crippen LogP) is 1.25. The van der Waals surface area contributed by atoms with Gasteiger partial charge in [0.1, 0.15) is 5.75 Å². The van der Waals surface area contributed by atoms with Crippen LogP contribution in [0, 0.1) is 13.8 Å². The van der Waals surface area contributed by atoms with Crippen LogP contribution < -0.4 is 4.74 Å². The van der Waals surface area contributed by atoms with E-state index in [9.17, 15) is 8.42 Å². The SMILES string of the molecule is COc1ccc(S(=O)(=O)N(C)C[C@@H](C)c2nn[nH]n2)c(C)c1C. The number of rotatable bonds is 6. The van der Waals surface area contributed by atoms with Crippen molar-refractivity contribution in [2.45, 2.75) is 31.6 Å². The highest BCUT2D eigenvalue weighted by Crippen LogP contribution is 2.29. The lowest BCUT2D eigenvalue weighted by molar-refractivity contribution is 0.410. The second-order valence-corrected chi connectivity index (χ2v) is 7.49. The minimum atomic E-state index is -3.61. The molecular formula is C14H21N5O3S. The fourth-order valence-electron chi connectivity index (χ4n) is 2.38. The van der Waals surface area contributed by atoms with E-state index < -0.39 is 10.0 Å². The van der Waals surface area contributed by atoms with E-state index in [0.29, 0.717) is 17.1 Å². The number of aromatic nitrogens is 4. The summed E-state index contributed by atoms with van der Waals surface area (Å²) in [7, 11) is -0.501. The molecule has 2 rings (SSSR count). The third-order valence-corrected chi connectivity index (χ3v) is 5.90. The van der Waals surface area contributed by atoms with Crippen molar-refractivity contribution in [3.63, 3.8) is 0 Å². The molecule has 0 radical (unpaired) electrons. The van der Waals surface area contributed by atoms with Gasteiger partial charge in [0.25, 0.3) is 0 Å². The third kappa shape index (κ3) is 3.35. The van der Waals surface area contributed by atoms with Crippen LogP contribution in [-0.4, -0.2) is 54.0 Å². The topological polar surface area (TPSA) is 101 Å². The maximum absolute atomic E-state index is 12.8. The summed E-state index contributed by atoms with van der Waals surface area (Å²) < 4.78 is 32.2. The minimum Gasteiger partial charge on any atom is -0.496 e. The number of aromatic amines is 1. The molecule has 0 fully saturated rings. The number of sulfonamides is 1. The van der Waals surface area contributed by atoms with Gasteiger partial charge in [0.2, 0.25) is 10.0 Å². The first kappa shape index (κ1) is 17.4. The Bertz CT molecular complexity index is 774. The number of hydrogen-bond donors (Lipinski definition) is 1. The number of methoxy groups -OCH3 is 1. The van der Waals surface area contributed by atoms with Crippen LogP contribution in [0.25, 0.3) is 0 Å². The first-order chi connectivity index (χ1) is 10.8. The Kier molecular flexibility index (Phi) is 5.00. The van der Waals surface area contributed by atoms with E-state index in [4.69, 9.17) is 4.74 Å². The van der Waals surface area contributed by atoms with Crippen LogP contribution in [-0.2, 0) is 10.0 Å². The zero-order chi connectivity index (χ0) is 17.2. The average Bonchev–Trinajstić information content (AvgIpc) is 3.04. The first-order valence-corrected chi connectivity index (χ1v) is 8.57. The van der Waals surface area contributed by atoms with Gasteiger partial charge in [0.15, 0.2) is 5.82 Å². The van der Waals surface area contributed by atoms with Gasteiger partial charge in [-0.1, -0.05) is 12.1 Å². The largest absolute Gasteiger partial charge is 0.496 e. The standard InChI is InChI=1S/C14H21N5O3S/c1-9(14-15-17-18-16-14)8-19(4)23(20,21)13-7-6-12(22-5)10(2)11(13)3/h6-7,9H,8H2,1-5H3,(H,15,16,17,18)/t9-/m1/s1. The van der Waals surface area contributed by atoms with Crippen molar-refractivity contribution < 1.29 is 13.2 Å². The van der Waals surface area contributed by atoms with E-state index in [1.54, 1.807) is 33.2 Å². The molecular weight excluding hydrogens is 318 g/mol. The minimum absolute atomic E-state index is 0.173. The molecule has 0 spiro atoms. The van der Waals surface area contributed by atoms with Crippen molar-refractivity contribution >= 4 is 10.0 Å². The van der Waals surface area contributed by atoms with Crippen LogP contribution in [0.3, 0.4) is 0 Å². The third-order valence-electron chi connectivity index (χ3n) is 3.93. The number of nitrogens with zero attached hydrogens (tertiary/aromatic N) is 4. The van der Waals surface area contributed by atoms with Crippen LogP contribution >= 0.6 is 0 Å². The molecule has 0 bridgehead atoms. The highest BCUT2D eigenvalue weighted by molar-refractivity contribution is 7.89. The molecule has 1 aromatic heterocycles. The number of tetrazole rings is 1. The maximum Gasteiger partial charge on any atom is 0.243 e. The van der Waals surface area contributed by atoms with Crippen molar-refractivity contribution in [2.24, 2.45) is 0 Å². The molecule has 0 saturated carbocycles. The predicted molar refractivity (Wildman–Crippen MR) is 84.9 cm³/mol. The van der Waals surface area contributed by atoms with E-state index in [1.807, 2.05) is 13.8 Å². The molecule has 0 aliphatic rings. The summed E-state index contributed by atoms with van der Waals surface area (Å²) in [5.74, 6) is 0.979. The van der Waals surface area contributed by atoms with E-state index in [1.165, 1.54) is 4.31 Å². The number of nitrogens with one attached hydrogen (secondary N) is 1. The van der Waals surface area contributed by atoms with E-state index >= 15 is 0 Å².